The average Bonchev–Trinajstić information content (AvgIpc) is 2.69. The zero-order chi connectivity index (χ0) is 10.5. The molecule has 2 atom stereocenters. The number of sulfone groups is 1. The first-order valence-electron chi connectivity index (χ1n) is 6.12. The van der Waals surface area contributed by atoms with E-state index in [0.29, 0.717) is 5.75 Å². The Morgan fingerprint density at radius 3 is 2.47 bits per heavy atom. The Morgan fingerprint density at radius 2 is 1.80 bits per heavy atom. The Hall–Kier alpha value is -0.0900. The summed E-state index contributed by atoms with van der Waals surface area (Å²) in [6.07, 6.45) is 6.89. The molecule has 0 aromatic carbocycles. The van der Waals surface area contributed by atoms with Gasteiger partial charge in [-0.05, 0) is 38.8 Å². The van der Waals surface area contributed by atoms with Gasteiger partial charge in [0.25, 0.3) is 0 Å². The summed E-state index contributed by atoms with van der Waals surface area (Å²) in [5.74, 6) is 0.449. The van der Waals surface area contributed by atoms with Crippen molar-refractivity contribution >= 4 is 9.84 Å². The highest BCUT2D eigenvalue weighted by molar-refractivity contribution is 7.93. The Bertz CT molecular complexity index is 359. The molecular formula is C11H19NO2S. The van der Waals surface area contributed by atoms with Gasteiger partial charge < -0.3 is 0 Å². The van der Waals surface area contributed by atoms with E-state index in [-0.39, 0.29) is 10.8 Å². The van der Waals surface area contributed by atoms with E-state index in [4.69, 9.17) is 0 Å². The fourth-order valence-corrected chi connectivity index (χ4v) is 6.51. The maximum atomic E-state index is 11.8. The van der Waals surface area contributed by atoms with Gasteiger partial charge in [0.1, 0.15) is 0 Å². The van der Waals surface area contributed by atoms with Crippen molar-refractivity contribution in [3.05, 3.63) is 0 Å². The third kappa shape index (κ3) is 1.30. The van der Waals surface area contributed by atoms with Crippen LogP contribution in [-0.4, -0.2) is 42.9 Å². The van der Waals surface area contributed by atoms with Crippen molar-refractivity contribution in [1.82, 2.24) is 4.90 Å². The van der Waals surface area contributed by atoms with Crippen molar-refractivity contribution < 1.29 is 8.42 Å². The predicted molar refractivity (Wildman–Crippen MR) is 59.6 cm³/mol. The van der Waals surface area contributed by atoms with E-state index in [2.05, 4.69) is 4.90 Å². The second kappa shape index (κ2) is 3.20. The van der Waals surface area contributed by atoms with Gasteiger partial charge in [-0.2, -0.15) is 0 Å². The lowest BCUT2D eigenvalue weighted by Gasteiger charge is -2.56. The van der Waals surface area contributed by atoms with Crippen molar-refractivity contribution in [3.63, 3.8) is 0 Å². The summed E-state index contributed by atoms with van der Waals surface area (Å²) in [5, 5.41) is -0.0168. The van der Waals surface area contributed by atoms with Crippen LogP contribution in [0.15, 0.2) is 0 Å². The summed E-state index contributed by atoms with van der Waals surface area (Å²) in [4.78, 5) is 2.48. The van der Waals surface area contributed by atoms with Crippen LogP contribution in [0, 0.1) is 0 Å². The first-order valence-corrected chi connectivity index (χ1v) is 7.83. The summed E-state index contributed by atoms with van der Waals surface area (Å²) in [5.41, 5.74) is 0.0770. The third-order valence-corrected chi connectivity index (χ3v) is 6.99. The maximum absolute atomic E-state index is 11.8. The molecule has 3 rings (SSSR count). The monoisotopic (exact) mass is 229 g/mol. The Balaban J connectivity index is 1.89. The van der Waals surface area contributed by atoms with E-state index in [1.807, 2.05) is 0 Å². The van der Waals surface area contributed by atoms with Crippen LogP contribution in [0.1, 0.15) is 38.5 Å². The molecule has 3 fully saturated rings. The second-order valence-corrected chi connectivity index (χ2v) is 7.52. The van der Waals surface area contributed by atoms with Gasteiger partial charge in [0.15, 0.2) is 9.84 Å². The molecule has 0 bridgehead atoms. The van der Waals surface area contributed by atoms with E-state index in [0.717, 1.165) is 32.4 Å². The summed E-state index contributed by atoms with van der Waals surface area (Å²) >= 11 is 0. The Kier molecular flexibility index (Phi) is 2.15. The van der Waals surface area contributed by atoms with E-state index < -0.39 is 9.84 Å². The molecule has 0 radical (unpaired) electrons. The molecule has 0 spiro atoms. The normalized spacial score (nSPS) is 44.7. The molecule has 1 saturated carbocycles. The van der Waals surface area contributed by atoms with Gasteiger partial charge in [-0.3, -0.25) is 4.90 Å². The number of likely N-dealkylation sites (tertiary alicyclic amines) is 1. The fourth-order valence-electron chi connectivity index (χ4n) is 3.83. The lowest BCUT2D eigenvalue weighted by atomic mass is 9.80. The van der Waals surface area contributed by atoms with E-state index in [9.17, 15) is 8.42 Å². The largest absolute Gasteiger partial charge is 0.295 e. The van der Waals surface area contributed by atoms with Crippen LogP contribution in [0.4, 0.5) is 0 Å². The molecule has 1 aliphatic carbocycles. The van der Waals surface area contributed by atoms with Crippen molar-refractivity contribution in [2.45, 2.75) is 49.3 Å². The number of hydrogen-bond acceptors (Lipinski definition) is 3. The molecule has 4 heteroatoms. The molecule has 3 nitrogen and oxygen atoms in total. The Morgan fingerprint density at radius 1 is 1.07 bits per heavy atom. The lowest BCUT2D eigenvalue weighted by Crippen LogP contribution is -2.72. The van der Waals surface area contributed by atoms with E-state index >= 15 is 0 Å². The van der Waals surface area contributed by atoms with Gasteiger partial charge >= 0.3 is 0 Å². The van der Waals surface area contributed by atoms with Gasteiger partial charge in [0.05, 0.1) is 16.5 Å². The van der Waals surface area contributed by atoms with Crippen LogP contribution >= 0.6 is 0 Å². The van der Waals surface area contributed by atoms with Gasteiger partial charge in [-0.25, -0.2) is 8.42 Å². The smallest absolute Gasteiger partial charge is 0.156 e. The van der Waals surface area contributed by atoms with Gasteiger partial charge in [0, 0.05) is 0 Å². The topological polar surface area (TPSA) is 37.4 Å². The predicted octanol–water partition coefficient (Wildman–Crippen LogP) is 1.19. The molecule has 0 N–H and O–H groups in total. The van der Waals surface area contributed by atoms with Crippen LogP contribution in [0.2, 0.25) is 0 Å². The standard InChI is InChI=1S/C11H19NO2S/c13-15(14)9-11(12-7-3-4-8-12)6-2-1-5-10(11)15/h10H,1-9H2/t10-,11+/m1/s1. The number of fused-ring (bicyclic) bond motifs is 1. The third-order valence-electron chi connectivity index (χ3n) is 4.55. The van der Waals surface area contributed by atoms with Gasteiger partial charge in [-0.15, -0.1) is 0 Å². The SMILES string of the molecule is O=S1(=O)C[C@@]2(N3CCCC3)CCCC[C@H]21. The van der Waals surface area contributed by atoms with Crippen molar-refractivity contribution in [2.24, 2.45) is 0 Å². The second-order valence-electron chi connectivity index (χ2n) is 5.34. The summed E-state index contributed by atoms with van der Waals surface area (Å²) in [7, 11) is -2.72. The number of rotatable bonds is 1. The molecular weight excluding hydrogens is 210 g/mol. The maximum Gasteiger partial charge on any atom is 0.156 e. The highest BCUT2D eigenvalue weighted by atomic mass is 32.2. The molecule has 0 aromatic rings. The molecule has 2 aliphatic heterocycles. The minimum Gasteiger partial charge on any atom is -0.295 e. The van der Waals surface area contributed by atoms with E-state index in [1.54, 1.807) is 0 Å². The summed E-state index contributed by atoms with van der Waals surface area (Å²) in [6.45, 7) is 2.26. The van der Waals surface area contributed by atoms with Crippen LogP contribution in [0.25, 0.3) is 0 Å². The van der Waals surface area contributed by atoms with Crippen LogP contribution in [-0.2, 0) is 9.84 Å². The molecule has 3 aliphatic rings. The average molecular weight is 229 g/mol. The van der Waals surface area contributed by atoms with Crippen LogP contribution in [0.3, 0.4) is 0 Å². The molecule has 15 heavy (non-hydrogen) atoms. The van der Waals surface area contributed by atoms with Gasteiger partial charge in [-0.1, -0.05) is 12.8 Å². The molecule has 0 aromatic heterocycles. The molecule has 0 unspecified atom stereocenters. The Labute approximate surface area is 91.8 Å². The quantitative estimate of drug-likeness (QED) is 0.678. The highest BCUT2D eigenvalue weighted by Crippen LogP contribution is 2.48. The fraction of sp³-hybridized carbons (Fsp3) is 1.00. The summed E-state index contributed by atoms with van der Waals surface area (Å²) < 4.78 is 23.6. The van der Waals surface area contributed by atoms with Gasteiger partial charge in [0.2, 0.25) is 0 Å². The highest BCUT2D eigenvalue weighted by Gasteiger charge is 2.61. The van der Waals surface area contributed by atoms with Crippen LogP contribution in [0.5, 0.6) is 0 Å². The first kappa shape index (κ1) is 10.1. The minimum atomic E-state index is -2.72. The molecule has 86 valence electrons. The van der Waals surface area contributed by atoms with Crippen molar-refractivity contribution in [2.75, 3.05) is 18.8 Å². The first-order chi connectivity index (χ1) is 7.15. The van der Waals surface area contributed by atoms with Crippen LogP contribution < -0.4 is 0 Å². The number of nitrogens with zero attached hydrogens (tertiary/aromatic N) is 1. The van der Waals surface area contributed by atoms with Crippen molar-refractivity contribution in [1.29, 1.82) is 0 Å². The minimum absolute atomic E-state index is 0.0168. The summed E-state index contributed by atoms with van der Waals surface area (Å²) in [6, 6.07) is 0. The molecule has 2 saturated heterocycles. The zero-order valence-electron chi connectivity index (χ0n) is 9.11. The number of hydrogen-bond donors (Lipinski definition) is 0. The molecule has 2 heterocycles. The van der Waals surface area contributed by atoms with Crippen molar-refractivity contribution in [3.8, 4) is 0 Å². The molecule has 0 amide bonds. The lowest BCUT2D eigenvalue weighted by molar-refractivity contribution is 0.0783. The van der Waals surface area contributed by atoms with E-state index in [1.165, 1.54) is 19.3 Å². The zero-order valence-corrected chi connectivity index (χ0v) is 9.93.